The Bertz CT molecular complexity index is 292. The highest BCUT2D eigenvalue weighted by molar-refractivity contribution is 5.13. The molecule has 3 heteroatoms. The Balaban J connectivity index is 1.94. The van der Waals surface area contributed by atoms with Gasteiger partial charge in [0.15, 0.2) is 0 Å². The molecule has 0 bridgehead atoms. The Labute approximate surface area is 90.9 Å². The summed E-state index contributed by atoms with van der Waals surface area (Å²) in [7, 11) is 0. The van der Waals surface area contributed by atoms with Crippen molar-refractivity contribution in [1.82, 2.24) is 10.3 Å². The van der Waals surface area contributed by atoms with Crippen molar-refractivity contribution in [2.75, 3.05) is 13.2 Å². The number of pyridine rings is 1. The molecule has 0 saturated carbocycles. The van der Waals surface area contributed by atoms with Crippen molar-refractivity contribution in [3.8, 4) is 0 Å². The first-order chi connectivity index (χ1) is 7.27. The zero-order chi connectivity index (χ0) is 10.7. The van der Waals surface area contributed by atoms with Crippen molar-refractivity contribution < 1.29 is 4.74 Å². The van der Waals surface area contributed by atoms with Gasteiger partial charge in [0.2, 0.25) is 0 Å². The quantitative estimate of drug-likeness (QED) is 0.800. The molecule has 1 aromatic rings. The van der Waals surface area contributed by atoms with E-state index in [1.807, 2.05) is 12.3 Å². The number of nitrogens with one attached hydrogen (secondary N) is 1. The first-order valence-corrected chi connectivity index (χ1v) is 5.52. The average molecular weight is 206 g/mol. The highest BCUT2D eigenvalue weighted by Crippen LogP contribution is 2.20. The molecule has 2 rings (SSSR count). The van der Waals surface area contributed by atoms with Gasteiger partial charge in [-0.05, 0) is 12.0 Å². The summed E-state index contributed by atoms with van der Waals surface area (Å²) in [4.78, 5) is 4.11. The van der Waals surface area contributed by atoms with E-state index in [2.05, 4.69) is 30.2 Å². The van der Waals surface area contributed by atoms with E-state index in [1.165, 1.54) is 0 Å². The largest absolute Gasteiger partial charge is 0.371 e. The Morgan fingerprint density at radius 1 is 1.53 bits per heavy atom. The highest BCUT2D eigenvalue weighted by Gasteiger charge is 2.23. The van der Waals surface area contributed by atoms with Gasteiger partial charge in [0, 0.05) is 30.5 Å². The Kier molecular flexibility index (Phi) is 3.34. The number of hydrogen-bond acceptors (Lipinski definition) is 3. The first kappa shape index (κ1) is 10.6. The van der Waals surface area contributed by atoms with Crippen molar-refractivity contribution in [2.24, 2.45) is 5.92 Å². The summed E-state index contributed by atoms with van der Waals surface area (Å²) in [6.07, 6.45) is 3.83. The highest BCUT2D eigenvalue weighted by atomic mass is 16.5. The van der Waals surface area contributed by atoms with Crippen LogP contribution in [-0.4, -0.2) is 24.2 Å². The minimum absolute atomic E-state index is 0.161. The fourth-order valence-electron chi connectivity index (χ4n) is 1.80. The van der Waals surface area contributed by atoms with Crippen molar-refractivity contribution in [3.05, 3.63) is 30.1 Å². The molecule has 0 amide bonds. The van der Waals surface area contributed by atoms with Crippen LogP contribution in [0.5, 0.6) is 0 Å². The lowest BCUT2D eigenvalue weighted by Crippen LogP contribution is -2.45. The summed E-state index contributed by atoms with van der Waals surface area (Å²) in [5.74, 6) is 0.625. The molecule has 2 atom stereocenters. The number of rotatable bonds is 2. The number of nitrogens with zero attached hydrogens (tertiary/aromatic N) is 1. The lowest BCUT2D eigenvalue weighted by molar-refractivity contribution is -0.00727. The topological polar surface area (TPSA) is 34.1 Å². The van der Waals surface area contributed by atoms with E-state index in [-0.39, 0.29) is 6.10 Å². The van der Waals surface area contributed by atoms with Gasteiger partial charge in [-0.2, -0.15) is 0 Å². The maximum atomic E-state index is 5.84. The van der Waals surface area contributed by atoms with Gasteiger partial charge >= 0.3 is 0 Å². The second-order valence-corrected chi connectivity index (χ2v) is 4.37. The summed E-state index contributed by atoms with van der Waals surface area (Å²) < 4.78 is 5.84. The second kappa shape index (κ2) is 4.73. The Hall–Kier alpha value is -0.930. The van der Waals surface area contributed by atoms with E-state index >= 15 is 0 Å². The molecule has 0 radical (unpaired) electrons. The van der Waals surface area contributed by atoms with Gasteiger partial charge < -0.3 is 10.1 Å². The number of ether oxygens (including phenoxy) is 1. The molecule has 1 aromatic heterocycles. The smallest absolute Gasteiger partial charge is 0.0964 e. The minimum Gasteiger partial charge on any atom is -0.371 e. The van der Waals surface area contributed by atoms with Crippen molar-refractivity contribution in [2.45, 2.75) is 26.0 Å². The normalized spacial score (nSPS) is 26.9. The van der Waals surface area contributed by atoms with E-state index < -0.39 is 0 Å². The zero-order valence-electron chi connectivity index (χ0n) is 9.31. The van der Waals surface area contributed by atoms with Crippen LogP contribution in [0.1, 0.15) is 25.5 Å². The number of hydrogen-bond donors (Lipinski definition) is 1. The fourth-order valence-corrected chi connectivity index (χ4v) is 1.80. The van der Waals surface area contributed by atoms with Gasteiger partial charge in [0.25, 0.3) is 0 Å². The molecule has 1 aliphatic rings. The second-order valence-electron chi connectivity index (χ2n) is 4.37. The third-order valence-electron chi connectivity index (χ3n) is 2.90. The van der Waals surface area contributed by atoms with Crippen molar-refractivity contribution in [1.29, 1.82) is 0 Å². The maximum absolute atomic E-state index is 5.84. The van der Waals surface area contributed by atoms with E-state index in [0.29, 0.717) is 12.0 Å². The molecule has 2 heterocycles. The van der Waals surface area contributed by atoms with Crippen molar-refractivity contribution in [3.63, 3.8) is 0 Å². The number of morpholine rings is 1. The fraction of sp³-hybridized carbons (Fsp3) is 0.583. The molecule has 1 saturated heterocycles. The summed E-state index contributed by atoms with van der Waals surface area (Å²) >= 11 is 0. The van der Waals surface area contributed by atoms with Gasteiger partial charge in [0.1, 0.15) is 0 Å². The lowest BCUT2D eigenvalue weighted by atomic mass is 10.0. The third kappa shape index (κ3) is 2.55. The molecule has 0 aliphatic carbocycles. The summed E-state index contributed by atoms with van der Waals surface area (Å²) in [5.41, 5.74) is 1.16. The lowest BCUT2D eigenvalue weighted by Gasteiger charge is -2.32. The molecular weight excluding hydrogens is 188 g/mol. The van der Waals surface area contributed by atoms with Gasteiger partial charge in [-0.3, -0.25) is 4.98 Å². The van der Waals surface area contributed by atoms with Crippen LogP contribution in [-0.2, 0) is 4.74 Å². The maximum Gasteiger partial charge on any atom is 0.0964 e. The van der Waals surface area contributed by atoms with Gasteiger partial charge in [-0.1, -0.05) is 19.9 Å². The van der Waals surface area contributed by atoms with E-state index in [0.717, 1.165) is 18.7 Å². The monoisotopic (exact) mass is 206 g/mol. The van der Waals surface area contributed by atoms with Crippen LogP contribution in [0.4, 0.5) is 0 Å². The molecule has 82 valence electrons. The van der Waals surface area contributed by atoms with Gasteiger partial charge in [-0.15, -0.1) is 0 Å². The van der Waals surface area contributed by atoms with E-state index in [4.69, 9.17) is 4.74 Å². The predicted molar refractivity (Wildman–Crippen MR) is 59.6 cm³/mol. The average Bonchev–Trinajstić information content (AvgIpc) is 2.30. The summed E-state index contributed by atoms with van der Waals surface area (Å²) in [6.45, 7) is 6.10. The molecule has 3 nitrogen and oxygen atoms in total. The standard InChI is InChI=1S/C12H18N2O/c1-9(2)11-8-15-12(7-14-11)10-4-3-5-13-6-10/h3-6,9,11-12,14H,7-8H2,1-2H3. The molecule has 1 fully saturated rings. The SMILES string of the molecule is CC(C)C1COC(c2cccnc2)CN1. The molecular formula is C12H18N2O. The van der Waals surface area contributed by atoms with E-state index in [1.54, 1.807) is 6.20 Å². The van der Waals surface area contributed by atoms with Crippen LogP contribution in [0.2, 0.25) is 0 Å². The zero-order valence-corrected chi connectivity index (χ0v) is 9.31. The molecule has 1 N–H and O–H groups in total. The predicted octanol–water partition coefficient (Wildman–Crippen LogP) is 1.77. The van der Waals surface area contributed by atoms with Crippen LogP contribution in [0, 0.1) is 5.92 Å². The third-order valence-corrected chi connectivity index (χ3v) is 2.90. The number of aromatic nitrogens is 1. The van der Waals surface area contributed by atoms with Crippen LogP contribution < -0.4 is 5.32 Å². The molecule has 0 spiro atoms. The summed E-state index contributed by atoms with van der Waals surface area (Å²) in [6, 6.07) is 4.50. The van der Waals surface area contributed by atoms with Crippen LogP contribution in [0.25, 0.3) is 0 Å². The van der Waals surface area contributed by atoms with E-state index in [9.17, 15) is 0 Å². The molecule has 1 aliphatic heterocycles. The molecule has 15 heavy (non-hydrogen) atoms. The van der Waals surface area contributed by atoms with Gasteiger partial charge in [-0.25, -0.2) is 0 Å². The van der Waals surface area contributed by atoms with Gasteiger partial charge in [0.05, 0.1) is 12.7 Å². The summed E-state index contributed by atoms with van der Waals surface area (Å²) in [5, 5.41) is 3.51. The van der Waals surface area contributed by atoms with Crippen LogP contribution >= 0.6 is 0 Å². The Morgan fingerprint density at radius 2 is 2.40 bits per heavy atom. The van der Waals surface area contributed by atoms with Crippen molar-refractivity contribution >= 4 is 0 Å². The minimum atomic E-state index is 0.161. The van der Waals surface area contributed by atoms with Crippen LogP contribution in [0.15, 0.2) is 24.5 Å². The molecule has 0 aromatic carbocycles. The Morgan fingerprint density at radius 3 is 2.93 bits per heavy atom. The van der Waals surface area contributed by atoms with Crippen LogP contribution in [0.3, 0.4) is 0 Å². The molecule has 2 unspecified atom stereocenters. The first-order valence-electron chi connectivity index (χ1n) is 5.52.